The third-order valence-corrected chi connectivity index (χ3v) is 2.98. The highest BCUT2D eigenvalue weighted by atomic mass is 16.2. The normalized spacial score (nSPS) is 29.6. The van der Waals surface area contributed by atoms with E-state index in [9.17, 15) is 4.79 Å². The van der Waals surface area contributed by atoms with E-state index in [2.05, 4.69) is 24.5 Å². The van der Waals surface area contributed by atoms with E-state index in [0.717, 1.165) is 19.4 Å². The first-order chi connectivity index (χ1) is 6.63. The number of hydrogen-bond donors (Lipinski definition) is 2. The maximum atomic E-state index is 11.7. The minimum absolute atomic E-state index is 0.0350. The van der Waals surface area contributed by atoms with Crippen molar-refractivity contribution in [1.82, 2.24) is 10.6 Å². The summed E-state index contributed by atoms with van der Waals surface area (Å²) in [5.41, 5.74) is 0. The number of piperidine rings is 1. The zero-order chi connectivity index (χ0) is 10.6. The number of rotatable bonds is 3. The summed E-state index contributed by atoms with van der Waals surface area (Å²) in [6, 6.07) is 0.328. The van der Waals surface area contributed by atoms with Crippen LogP contribution in [0.5, 0.6) is 0 Å². The molecule has 0 aromatic rings. The molecule has 1 rings (SSSR count). The van der Waals surface area contributed by atoms with Gasteiger partial charge in [0.2, 0.25) is 5.91 Å². The summed E-state index contributed by atoms with van der Waals surface area (Å²) in [5, 5.41) is 6.29. The lowest BCUT2D eigenvalue weighted by Crippen LogP contribution is -2.50. The molecule has 0 aromatic heterocycles. The molecular weight excluding hydrogens is 176 g/mol. The van der Waals surface area contributed by atoms with E-state index >= 15 is 0 Å². The number of amides is 1. The van der Waals surface area contributed by atoms with Crippen molar-refractivity contribution >= 4 is 5.91 Å². The first kappa shape index (κ1) is 11.5. The van der Waals surface area contributed by atoms with E-state index in [1.807, 2.05) is 6.92 Å². The minimum atomic E-state index is 0.0350. The minimum Gasteiger partial charge on any atom is -0.352 e. The van der Waals surface area contributed by atoms with Crippen LogP contribution in [0.25, 0.3) is 0 Å². The summed E-state index contributed by atoms with van der Waals surface area (Å²) in [6.07, 6.45) is 3.16. The van der Waals surface area contributed by atoms with Crippen LogP contribution in [0.4, 0.5) is 0 Å². The van der Waals surface area contributed by atoms with Crippen molar-refractivity contribution in [3.05, 3.63) is 0 Å². The van der Waals surface area contributed by atoms with Gasteiger partial charge in [-0.15, -0.1) is 0 Å². The van der Waals surface area contributed by atoms with E-state index in [0.29, 0.717) is 12.0 Å². The fraction of sp³-hybridized carbons (Fsp3) is 0.909. The highest BCUT2D eigenvalue weighted by Gasteiger charge is 2.24. The smallest absolute Gasteiger partial charge is 0.237 e. The standard InChI is InChI=1S/C11H22N2O/c1-4-9(3)13-11(14)10-7-8(2)5-6-12-10/h8-10,12H,4-7H2,1-3H3,(H,13,14). The third kappa shape index (κ3) is 3.29. The Bertz CT molecular complexity index is 194. The number of nitrogens with one attached hydrogen (secondary N) is 2. The SMILES string of the molecule is CCC(C)NC(=O)C1CC(C)CCN1. The molecule has 1 aliphatic rings. The molecule has 1 saturated heterocycles. The van der Waals surface area contributed by atoms with Gasteiger partial charge in [0.05, 0.1) is 6.04 Å². The number of carbonyl (C=O) groups excluding carboxylic acids is 1. The van der Waals surface area contributed by atoms with Gasteiger partial charge in [-0.3, -0.25) is 4.79 Å². The van der Waals surface area contributed by atoms with Crippen LogP contribution in [-0.2, 0) is 4.79 Å². The topological polar surface area (TPSA) is 41.1 Å². The molecule has 1 fully saturated rings. The van der Waals surface area contributed by atoms with Gasteiger partial charge in [-0.05, 0) is 38.6 Å². The van der Waals surface area contributed by atoms with Gasteiger partial charge < -0.3 is 10.6 Å². The summed E-state index contributed by atoms with van der Waals surface area (Å²) in [4.78, 5) is 11.7. The quantitative estimate of drug-likeness (QED) is 0.717. The zero-order valence-corrected chi connectivity index (χ0v) is 9.47. The summed E-state index contributed by atoms with van der Waals surface area (Å²) in [6.45, 7) is 7.32. The molecule has 2 N–H and O–H groups in total. The molecule has 0 saturated carbocycles. The third-order valence-electron chi connectivity index (χ3n) is 2.98. The number of carbonyl (C=O) groups is 1. The lowest BCUT2D eigenvalue weighted by molar-refractivity contribution is -0.124. The van der Waals surface area contributed by atoms with Crippen LogP contribution in [0.15, 0.2) is 0 Å². The summed E-state index contributed by atoms with van der Waals surface area (Å²) >= 11 is 0. The van der Waals surface area contributed by atoms with Crippen molar-refractivity contribution < 1.29 is 4.79 Å². The molecule has 3 unspecified atom stereocenters. The Morgan fingerprint density at radius 1 is 1.64 bits per heavy atom. The zero-order valence-electron chi connectivity index (χ0n) is 9.47. The molecule has 0 spiro atoms. The summed E-state index contributed by atoms with van der Waals surface area (Å²) < 4.78 is 0. The molecule has 82 valence electrons. The summed E-state index contributed by atoms with van der Waals surface area (Å²) in [5.74, 6) is 0.842. The molecule has 1 heterocycles. The average molecular weight is 198 g/mol. The van der Waals surface area contributed by atoms with Crippen molar-refractivity contribution in [3.8, 4) is 0 Å². The lowest BCUT2D eigenvalue weighted by atomic mass is 9.94. The summed E-state index contributed by atoms with van der Waals surface area (Å²) in [7, 11) is 0. The second-order valence-electron chi connectivity index (χ2n) is 4.45. The van der Waals surface area contributed by atoms with Gasteiger partial charge in [-0.25, -0.2) is 0 Å². The van der Waals surface area contributed by atoms with Crippen LogP contribution in [0.2, 0.25) is 0 Å². The first-order valence-electron chi connectivity index (χ1n) is 5.67. The van der Waals surface area contributed by atoms with Crippen molar-refractivity contribution in [2.75, 3.05) is 6.54 Å². The Morgan fingerprint density at radius 2 is 2.36 bits per heavy atom. The van der Waals surface area contributed by atoms with E-state index in [-0.39, 0.29) is 11.9 Å². The molecule has 3 atom stereocenters. The van der Waals surface area contributed by atoms with E-state index in [4.69, 9.17) is 0 Å². The van der Waals surface area contributed by atoms with Crippen LogP contribution in [0.3, 0.4) is 0 Å². The predicted molar refractivity (Wildman–Crippen MR) is 58.1 cm³/mol. The molecule has 0 radical (unpaired) electrons. The van der Waals surface area contributed by atoms with Crippen molar-refractivity contribution in [2.45, 2.75) is 52.1 Å². The largest absolute Gasteiger partial charge is 0.352 e. The fourth-order valence-electron chi connectivity index (χ4n) is 1.75. The molecule has 0 bridgehead atoms. The Balaban J connectivity index is 2.36. The van der Waals surface area contributed by atoms with Gasteiger partial charge in [0.1, 0.15) is 0 Å². The van der Waals surface area contributed by atoms with E-state index in [1.165, 1.54) is 6.42 Å². The average Bonchev–Trinajstić information content (AvgIpc) is 2.17. The Kier molecular flexibility index (Phi) is 4.39. The molecule has 3 nitrogen and oxygen atoms in total. The molecule has 0 aromatic carbocycles. The van der Waals surface area contributed by atoms with Crippen molar-refractivity contribution in [2.24, 2.45) is 5.92 Å². The fourth-order valence-corrected chi connectivity index (χ4v) is 1.75. The molecule has 14 heavy (non-hydrogen) atoms. The van der Waals surface area contributed by atoms with Gasteiger partial charge in [-0.1, -0.05) is 13.8 Å². The predicted octanol–water partition coefficient (Wildman–Crippen LogP) is 1.29. The van der Waals surface area contributed by atoms with Crippen LogP contribution in [-0.4, -0.2) is 24.5 Å². The van der Waals surface area contributed by atoms with Crippen LogP contribution >= 0.6 is 0 Å². The molecule has 1 amide bonds. The Hall–Kier alpha value is -0.570. The highest BCUT2D eigenvalue weighted by molar-refractivity contribution is 5.82. The Labute approximate surface area is 86.6 Å². The monoisotopic (exact) mass is 198 g/mol. The first-order valence-corrected chi connectivity index (χ1v) is 5.67. The van der Waals surface area contributed by atoms with Gasteiger partial charge >= 0.3 is 0 Å². The van der Waals surface area contributed by atoms with Gasteiger partial charge in [0.15, 0.2) is 0 Å². The van der Waals surface area contributed by atoms with Gasteiger partial charge in [-0.2, -0.15) is 0 Å². The Morgan fingerprint density at radius 3 is 2.93 bits per heavy atom. The van der Waals surface area contributed by atoms with Crippen LogP contribution in [0.1, 0.15) is 40.0 Å². The van der Waals surface area contributed by atoms with Gasteiger partial charge in [0.25, 0.3) is 0 Å². The molecule has 1 aliphatic heterocycles. The second-order valence-corrected chi connectivity index (χ2v) is 4.45. The molecule has 0 aliphatic carbocycles. The van der Waals surface area contributed by atoms with Crippen LogP contribution < -0.4 is 10.6 Å². The lowest BCUT2D eigenvalue weighted by Gasteiger charge is -2.28. The van der Waals surface area contributed by atoms with E-state index < -0.39 is 0 Å². The van der Waals surface area contributed by atoms with Gasteiger partial charge in [0, 0.05) is 6.04 Å². The maximum absolute atomic E-state index is 11.7. The van der Waals surface area contributed by atoms with Crippen molar-refractivity contribution in [3.63, 3.8) is 0 Å². The highest BCUT2D eigenvalue weighted by Crippen LogP contribution is 2.15. The van der Waals surface area contributed by atoms with E-state index in [1.54, 1.807) is 0 Å². The molecular formula is C11H22N2O. The van der Waals surface area contributed by atoms with Crippen LogP contribution in [0, 0.1) is 5.92 Å². The van der Waals surface area contributed by atoms with Crippen molar-refractivity contribution in [1.29, 1.82) is 0 Å². The number of hydrogen-bond acceptors (Lipinski definition) is 2. The second kappa shape index (κ2) is 5.35. The maximum Gasteiger partial charge on any atom is 0.237 e. The molecule has 3 heteroatoms.